The first-order valence-electron chi connectivity index (χ1n) is 3.50. The summed E-state index contributed by atoms with van der Waals surface area (Å²) in [5.41, 5.74) is 0. The zero-order chi connectivity index (χ0) is 11.6. The molecule has 0 saturated carbocycles. The summed E-state index contributed by atoms with van der Waals surface area (Å²) in [4.78, 5) is 13.8. The SMILES string of the molecule is O=C(Nc1ncc(F)cc1Br)C(F)(F)F. The van der Waals surface area contributed by atoms with E-state index in [1.807, 2.05) is 0 Å². The Morgan fingerprint density at radius 2 is 2.07 bits per heavy atom. The third-order valence-electron chi connectivity index (χ3n) is 1.30. The number of pyridine rings is 1. The molecule has 3 nitrogen and oxygen atoms in total. The molecule has 0 aromatic carbocycles. The number of rotatable bonds is 1. The van der Waals surface area contributed by atoms with E-state index in [1.165, 1.54) is 5.32 Å². The zero-order valence-electron chi connectivity index (χ0n) is 6.90. The summed E-state index contributed by atoms with van der Waals surface area (Å²) in [6.07, 6.45) is -4.31. The number of nitrogens with one attached hydrogen (secondary N) is 1. The first kappa shape index (κ1) is 11.9. The zero-order valence-corrected chi connectivity index (χ0v) is 8.49. The summed E-state index contributed by atoms with van der Waals surface area (Å²) in [6.45, 7) is 0. The molecule has 0 bridgehead atoms. The van der Waals surface area contributed by atoms with Crippen molar-refractivity contribution in [2.75, 3.05) is 5.32 Å². The summed E-state index contributed by atoms with van der Waals surface area (Å²) < 4.78 is 47.9. The molecule has 1 rings (SSSR count). The maximum absolute atomic E-state index is 12.5. The van der Waals surface area contributed by atoms with Gasteiger partial charge in [-0.2, -0.15) is 13.2 Å². The predicted molar refractivity (Wildman–Crippen MR) is 46.6 cm³/mol. The molecule has 8 heteroatoms. The third-order valence-corrected chi connectivity index (χ3v) is 1.90. The fourth-order valence-corrected chi connectivity index (χ4v) is 1.11. The molecule has 0 atom stereocenters. The lowest BCUT2D eigenvalue weighted by atomic mass is 10.4. The van der Waals surface area contributed by atoms with E-state index in [2.05, 4.69) is 20.9 Å². The quantitative estimate of drug-likeness (QED) is 0.806. The van der Waals surface area contributed by atoms with Crippen LogP contribution >= 0.6 is 15.9 Å². The molecule has 1 heterocycles. The van der Waals surface area contributed by atoms with Gasteiger partial charge in [-0.15, -0.1) is 0 Å². The van der Waals surface area contributed by atoms with Crippen molar-refractivity contribution in [3.8, 4) is 0 Å². The molecule has 0 aliphatic heterocycles. The fraction of sp³-hybridized carbons (Fsp3) is 0.143. The van der Waals surface area contributed by atoms with E-state index < -0.39 is 23.7 Å². The van der Waals surface area contributed by atoms with E-state index >= 15 is 0 Å². The van der Waals surface area contributed by atoms with Gasteiger partial charge in [0.05, 0.1) is 10.7 Å². The second-order valence-corrected chi connectivity index (χ2v) is 3.29. The Bertz CT molecular complexity index is 393. The molecule has 1 amide bonds. The van der Waals surface area contributed by atoms with Gasteiger partial charge in [0.25, 0.3) is 0 Å². The second-order valence-electron chi connectivity index (χ2n) is 2.44. The summed E-state index contributed by atoms with van der Waals surface area (Å²) in [5, 5.41) is 1.49. The average Bonchev–Trinajstić information content (AvgIpc) is 2.08. The van der Waals surface area contributed by atoms with Crippen LogP contribution in [0.1, 0.15) is 0 Å². The summed E-state index contributed by atoms with van der Waals surface area (Å²) in [6, 6.07) is 0.888. The molecular formula is C7H3BrF4N2O. The van der Waals surface area contributed by atoms with Gasteiger partial charge < -0.3 is 5.32 Å². The number of aromatic nitrogens is 1. The van der Waals surface area contributed by atoms with Crippen molar-refractivity contribution in [2.24, 2.45) is 0 Å². The van der Waals surface area contributed by atoms with Gasteiger partial charge in [-0.05, 0) is 22.0 Å². The van der Waals surface area contributed by atoms with Crippen LogP contribution in [0.25, 0.3) is 0 Å². The van der Waals surface area contributed by atoms with Crippen LogP contribution in [0, 0.1) is 5.82 Å². The number of halogens is 5. The second kappa shape index (κ2) is 4.13. The van der Waals surface area contributed by atoms with E-state index in [9.17, 15) is 22.4 Å². The molecule has 0 aliphatic rings. The minimum atomic E-state index is -5.00. The van der Waals surface area contributed by atoms with Gasteiger partial charge in [-0.25, -0.2) is 9.37 Å². The van der Waals surface area contributed by atoms with Crippen LogP contribution in [0.2, 0.25) is 0 Å². The van der Waals surface area contributed by atoms with Crippen LogP contribution < -0.4 is 5.32 Å². The number of amides is 1. The smallest absolute Gasteiger partial charge is 0.302 e. The number of carbonyl (C=O) groups excluding carboxylic acids is 1. The predicted octanol–water partition coefficient (Wildman–Crippen LogP) is 2.48. The first-order valence-corrected chi connectivity index (χ1v) is 4.29. The average molecular weight is 287 g/mol. The summed E-state index contributed by atoms with van der Waals surface area (Å²) in [5.74, 6) is -3.28. The lowest BCUT2D eigenvalue weighted by molar-refractivity contribution is -0.167. The van der Waals surface area contributed by atoms with Gasteiger partial charge in [-0.3, -0.25) is 4.79 Å². The van der Waals surface area contributed by atoms with Crippen LogP contribution in [-0.4, -0.2) is 17.1 Å². The van der Waals surface area contributed by atoms with Crippen LogP contribution in [0.4, 0.5) is 23.4 Å². The standard InChI is InChI=1S/C7H3BrF4N2O/c8-4-1-3(9)2-13-5(4)14-6(15)7(10,11)12/h1-2H,(H,13,14,15). The maximum atomic E-state index is 12.5. The Kier molecular flexibility index (Phi) is 3.28. The maximum Gasteiger partial charge on any atom is 0.471 e. The molecule has 0 aliphatic carbocycles. The Hall–Kier alpha value is -1.18. The molecule has 1 N–H and O–H groups in total. The van der Waals surface area contributed by atoms with Crippen molar-refractivity contribution in [3.05, 3.63) is 22.6 Å². The summed E-state index contributed by atoms with van der Waals surface area (Å²) in [7, 11) is 0. The molecule has 0 saturated heterocycles. The topological polar surface area (TPSA) is 42.0 Å². The van der Waals surface area contributed by atoms with E-state index in [0.717, 1.165) is 6.07 Å². The van der Waals surface area contributed by atoms with Gasteiger partial charge in [0.2, 0.25) is 0 Å². The summed E-state index contributed by atoms with van der Waals surface area (Å²) >= 11 is 2.76. The molecule has 0 spiro atoms. The Morgan fingerprint density at radius 3 is 2.53 bits per heavy atom. The van der Waals surface area contributed by atoms with Crippen molar-refractivity contribution >= 4 is 27.7 Å². The Morgan fingerprint density at radius 1 is 1.47 bits per heavy atom. The van der Waals surface area contributed by atoms with Crippen molar-refractivity contribution in [1.29, 1.82) is 0 Å². The number of alkyl halides is 3. The monoisotopic (exact) mass is 286 g/mol. The van der Waals surface area contributed by atoms with E-state index in [0.29, 0.717) is 6.20 Å². The lowest BCUT2D eigenvalue weighted by Crippen LogP contribution is -2.30. The van der Waals surface area contributed by atoms with Crippen LogP contribution in [0.5, 0.6) is 0 Å². The molecule has 0 fully saturated rings. The molecular weight excluding hydrogens is 284 g/mol. The number of hydrogen-bond donors (Lipinski definition) is 1. The highest BCUT2D eigenvalue weighted by molar-refractivity contribution is 9.10. The van der Waals surface area contributed by atoms with E-state index in [-0.39, 0.29) is 4.47 Å². The lowest BCUT2D eigenvalue weighted by Gasteiger charge is -2.08. The highest BCUT2D eigenvalue weighted by Gasteiger charge is 2.39. The van der Waals surface area contributed by atoms with Crippen molar-refractivity contribution in [2.45, 2.75) is 6.18 Å². The molecule has 0 unspecified atom stereocenters. The normalized spacial score (nSPS) is 11.3. The van der Waals surface area contributed by atoms with Gasteiger partial charge in [0.15, 0.2) is 0 Å². The molecule has 15 heavy (non-hydrogen) atoms. The molecule has 1 aromatic heterocycles. The van der Waals surface area contributed by atoms with E-state index in [1.54, 1.807) is 0 Å². The highest BCUT2D eigenvalue weighted by atomic mass is 79.9. The number of nitrogens with zero attached hydrogens (tertiary/aromatic N) is 1. The molecule has 82 valence electrons. The van der Waals surface area contributed by atoms with Crippen molar-refractivity contribution < 1.29 is 22.4 Å². The van der Waals surface area contributed by atoms with Crippen LogP contribution in [0.3, 0.4) is 0 Å². The first-order chi connectivity index (χ1) is 6.80. The number of carbonyl (C=O) groups is 1. The van der Waals surface area contributed by atoms with Crippen LogP contribution in [-0.2, 0) is 4.79 Å². The molecule has 0 radical (unpaired) electrons. The Labute approximate surface area is 89.6 Å². The Balaban J connectivity index is 2.87. The largest absolute Gasteiger partial charge is 0.471 e. The van der Waals surface area contributed by atoms with Gasteiger partial charge >= 0.3 is 12.1 Å². The molecule has 1 aromatic rings. The third kappa shape index (κ3) is 3.15. The number of anilines is 1. The van der Waals surface area contributed by atoms with Crippen LogP contribution in [0.15, 0.2) is 16.7 Å². The van der Waals surface area contributed by atoms with Crippen molar-refractivity contribution in [3.63, 3.8) is 0 Å². The fourth-order valence-electron chi connectivity index (χ4n) is 0.685. The van der Waals surface area contributed by atoms with Gasteiger partial charge in [0.1, 0.15) is 11.6 Å². The van der Waals surface area contributed by atoms with Gasteiger partial charge in [-0.1, -0.05) is 0 Å². The van der Waals surface area contributed by atoms with Gasteiger partial charge in [0, 0.05) is 0 Å². The minimum absolute atomic E-state index is 0.0694. The minimum Gasteiger partial charge on any atom is -0.302 e. The van der Waals surface area contributed by atoms with Crippen molar-refractivity contribution in [1.82, 2.24) is 4.98 Å². The number of hydrogen-bond acceptors (Lipinski definition) is 2. The van der Waals surface area contributed by atoms with E-state index in [4.69, 9.17) is 0 Å². The highest BCUT2D eigenvalue weighted by Crippen LogP contribution is 2.23.